The minimum absolute atomic E-state index is 0.0261. The van der Waals surface area contributed by atoms with Gasteiger partial charge in [0, 0.05) is 68.7 Å². The van der Waals surface area contributed by atoms with E-state index in [0.29, 0.717) is 29.8 Å². The van der Waals surface area contributed by atoms with Crippen LogP contribution in [-0.2, 0) is 9.53 Å². The Morgan fingerprint density at radius 3 is 2.48 bits per heavy atom. The van der Waals surface area contributed by atoms with Crippen molar-refractivity contribution in [2.75, 3.05) is 25.5 Å². The monoisotopic (exact) mass is 570 g/mol. The highest BCUT2D eigenvalue weighted by Gasteiger charge is 2.32. The summed E-state index contributed by atoms with van der Waals surface area (Å²) >= 11 is 0. The zero-order valence-electron chi connectivity index (χ0n) is 23.6. The lowest BCUT2D eigenvalue weighted by Crippen LogP contribution is -2.24. The van der Waals surface area contributed by atoms with Crippen LogP contribution in [0.1, 0.15) is 30.1 Å². The molecule has 216 valence electrons. The van der Waals surface area contributed by atoms with Gasteiger partial charge in [-0.05, 0) is 61.9 Å². The molecule has 11 heteroatoms. The molecule has 3 aromatic heterocycles. The van der Waals surface area contributed by atoms with Crippen LogP contribution in [0.5, 0.6) is 0 Å². The van der Waals surface area contributed by atoms with Gasteiger partial charge in [-0.3, -0.25) is 19.7 Å². The number of aromatic nitrogens is 4. The summed E-state index contributed by atoms with van der Waals surface area (Å²) < 4.78 is 21.7. The maximum absolute atomic E-state index is 14.9. The van der Waals surface area contributed by atoms with Crippen LogP contribution in [0.3, 0.4) is 0 Å². The van der Waals surface area contributed by atoms with Crippen molar-refractivity contribution in [3.63, 3.8) is 0 Å². The molecule has 0 aliphatic carbocycles. The van der Waals surface area contributed by atoms with Crippen LogP contribution in [0.25, 0.3) is 16.9 Å². The Morgan fingerprint density at radius 1 is 1.07 bits per heavy atom. The Bertz CT molecular complexity index is 1560. The number of Topliss-reactive ketones (excluding diaryl/α,β-unsaturated/α-hetero) is 1. The Kier molecular flexibility index (Phi) is 9.88. The summed E-state index contributed by atoms with van der Waals surface area (Å²) in [6, 6.07) is 13.5. The number of carbonyl (C=O) groups excluding carboxylic acids is 3. The maximum atomic E-state index is 14.9. The van der Waals surface area contributed by atoms with Crippen LogP contribution in [-0.4, -0.2) is 69.1 Å². The highest BCUT2D eigenvalue weighted by molar-refractivity contribution is 6.04. The van der Waals surface area contributed by atoms with Gasteiger partial charge in [-0.25, -0.2) is 13.9 Å². The van der Waals surface area contributed by atoms with Crippen LogP contribution in [0.2, 0.25) is 0 Å². The number of ketones is 2. The van der Waals surface area contributed by atoms with Gasteiger partial charge in [-0.1, -0.05) is 0 Å². The van der Waals surface area contributed by atoms with Crippen LogP contribution < -0.4 is 4.90 Å². The number of benzene rings is 1. The number of hydrogen-bond donors (Lipinski definition) is 0. The van der Waals surface area contributed by atoms with E-state index in [9.17, 15) is 18.8 Å². The normalized spacial score (nSPS) is 14.3. The fourth-order valence-corrected chi connectivity index (χ4v) is 4.13. The Morgan fingerprint density at radius 2 is 1.83 bits per heavy atom. The second kappa shape index (κ2) is 13.9. The molecule has 1 atom stereocenters. The minimum Gasteiger partial charge on any atom is -0.444 e. The van der Waals surface area contributed by atoms with E-state index in [4.69, 9.17) is 4.74 Å². The lowest BCUT2D eigenvalue weighted by atomic mass is 10.1. The summed E-state index contributed by atoms with van der Waals surface area (Å²) in [6.07, 6.45) is 11.3. The highest BCUT2D eigenvalue weighted by atomic mass is 19.1. The lowest BCUT2D eigenvalue weighted by molar-refractivity contribution is -0.117. The quantitative estimate of drug-likeness (QED) is 0.202. The number of anilines is 1. The van der Waals surface area contributed by atoms with Crippen LogP contribution >= 0.6 is 0 Å². The Hall–Kier alpha value is -5.19. The molecule has 0 N–H and O–H groups in total. The molecule has 0 radical (unpaired) electrons. The van der Waals surface area contributed by atoms with Crippen molar-refractivity contribution in [3.05, 3.63) is 103 Å². The van der Waals surface area contributed by atoms with E-state index in [1.165, 1.54) is 28.6 Å². The number of rotatable bonds is 9. The van der Waals surface area contributed by atoms with Crippen molar-refractivity contribution in [3.8, 4) is 16.9 Å². The number of pyridine rings is 2. The van der Waals surface area contributed by atoms with Crippen molar-refractivity contribution in [2.24, 2.45) is 0 Å². The molecular weight excluding hydrogens is 539 g/mol. The van der Waals surface area contributed by atoms with Crippen molar-refractivity contribution in [2.45, 2.75) is 25.9 Å². The molecule has 1 amide bonds. The van der Waals surface area contributed by atoms with Gasteiger partial charge in [-0.15, -0.1) is 0 Å². The summed E-state index contributed by atoms with van der Waals surface area (Å²) in [5.74, 6) is -0.503. The predicted molar refractivity (Wildman–Crippen MR) is 156 cm³/mol. The van der Waals surface area contributed by atoms with Crippen LogP contribution in [0.4, 0.5) is 14.9 Å². The summed E-state index contributed by atoms with van der Waals surface area (Å²) in [5.41, 5.74) is 2.79. The predicted octanol–water partition coefficient (Wildman–Crippen LogP) is 5.11. The first-order chi connectivity index (χ1) is 20.2. The van der Waals surface area contributed by atoms with Gasteiger partial charge in [-0.2, -0.15) is 5.10 Å². The van der Waals surface area contributed by atoms with Gasteiger partial charge in [0.15, 0.2) is 11.6 Å². The van der Waals surface area contributed by atoms with Crippen LogP contribution in [0, 0.1) is 5.82 Å². The van der Waals surface area contributed by atoms with Crippen molar-refractivity contribution in [1.29, 1.82) is 0 Å². The zero-order chi connectivity index (χ0) is 30.1. The Balaban J connectivity index is 0.000000262. The molecular formula is C31H31FN6O4. The number of ether oxygens (including phenoxy) is 1. The summed E-state index contributed by atoms with van der Waals surface area (Å²) in [6.45, 7) is 1.78. The molecule has 1 aromatic carbocycles. The first-order valence-electron chi connectivity index (χ1n) is 13.2. The molecule has 5 rings (SSSR count). The minimum atomic E-state index is -0.541. The van der Waals surface area contributed by atoms with E-state index in [2.05, 4.69) is 15.1 Å². The first-order valence-corrected chi connectivity index (χ1v) is 13.2. The number of amides is 1. The van der Waals surface area contributed by atoms with E-state index in [1.54, 1.807) is 73.6 Å². The van der Waals surface area contributed by atoms with E-state index in [0.717, 1.165) is 5.56 Å². The van der Waals surface area contributed by atoms with E-state index in [1.807, 2.05) is 25.1 Å². The van der Waals surface area contributed by atoms with Crippen LogP contribution in [0.15, 0.2) is 91.8 Å². The second-order valence-electron chi connectivity index (χ2n) is 9.75. The molecule has 4 heterocycles. The Labute approximate surface area is 243 Å². The molecule has 0 saturated carbocycles. The molecule has 1 aliphatic rings. The molecule has 10 nitrogen and oxygen atoms in total. The first kappa shape index (κ1) is 29.8. The number of carbonyl (C=O) groups is 3. The van der Waals surface area contributed by atoms with Gasteiger partial charge in [0.25, 0.3) is 0 Å². The van der Waals surface area contributed by atoms with Gasteiger partial charge < -0.3 is 14.4 Å². The third-order valence-corrected chi connectivity index (χ3v) is 6.23. The van der Waals surface area contributed by atoms with Crippen molar-refractivity contribution < 1.29 is 23.5 Å². The smallest absolute Gasteiger partial charge is 0.414 e. The summed E-state index contributed by atoms with van der Waals surface area (Å²) in [5, 5.41) is 4.23. The van der Waals surface area contributed by atoms with Gasteiger partial charge in [0.2, 0.25) is 0 Å². The van der Waals surface area contributed by atoms with E-state index >= 15 is 0 Å². The second-order valence-corrected chi connectivity index (χ2v) is 9.75. The number of allylic oxidation sites excluding steroid dienone is 1. The average molecular weight is 571 g/mol. The average Bonchev–Trinajstić information content (AvgIpc) is 3.63. The molecule has 4 aromatic rings. The fourth-order valence-electron chi connectivity index (χ4n) is 4.13. The highest BCUT2D eigenvalue weighted by Crippen LogP contribution is 2.28. The van der Waals surface area contributed by atoms with Crippen molar-refractivity contribution >= 4 is 23.3 Å². The SMILES string of the molecule is CC(=O)CC[C@H]1CN(c2ccc(-n3nccc3-c3cccnc3)c(F)c2)C(=O)O1.CN(C)/C=C/C(=O)c1cccnc1. The molecule has 1 fully saturated rings. The zero-order valence-corrected chi connectivity index (χ0v) is 23.6. The molecule has 1 aliphatic heterocycles. The molecule has 1 saturated heterocycles. The van der Waals surface area contributed by atoms with E-state index < -0.39 is 11.9 Å². The molecule has 0 spiro atoms. The molecule has 0 bridgehead atoms. The maximum Gasteiger partial charge on any atom is 0.414 e. The summed E-state index contributed by atoms with van der Waals surface area (Å²) in [4.78, 5) is 45.9. The molecule has 42 heavy (non-hydrogen) atoms. The number of halogens is 1. The number of cyclic esters (lactones) is 1. The van der Waals surface area contributed by atoms with Gasteiger partial charge >= 0.3 is 6.09 Å². The third-order valence-electron chi connectivity index (χ3n) is 6.23. The third kappa shape index (κ3) is 7.72. The van der Waals surface area contributed by atoms with E-state index in [-0.39, 0.29) is 29.9 Å². The largest absolute Gasteiger partial charge is 0.444 e. The topological polar surface area (TPSA) is 111 Å². The number of hydrogen-bond acceptors (Lipinski definition) is 8. The van der Waals surface area contributed by atoms with Crippen molar-refractivity contribution in [1.82, 2.24) is 24.6 Å². The lowest BCUT2D eigenvalue weighted by Gasteiger charge is -2.15. The fraction of sp³-hybridized carbons (Fsp3) is 0.226. The molecule has 0 unspecified atom stereocenters. The van der Waals surface area contributed by atoms with Gasteiger partial charge in [0.1, 0.15) is 17.6 Å². The van der Waals surface area contributed by atoms with Gasteiger partial charge in [0.05, 0.1) is 24.1 Å². The number of nitrogens with zero attached hydrogens (tertiary/aromatic N) is 6. The summed E-state index contributed by atoms with van der Waals surface area (Å²) in [7, 11) is 3.74. The standard InChI is InChI=1S/C21H19FN4O3.C10H12N2O/c1-14(27)4-6-17-13-25(21(28)29-17)16-5-7-20(18(22)11-16)26-19(8-10-24-26)15-3-2-9-23-12-15;1-12(2)7-5-10(13)9-4-3-6-11-8-9/h2-3,5,7-12,17H,4,6,13H2,1H3;3-8H,1-2H3/b;7-5+/t17-;/m0./s1.